The van der Waals surface area contributed by atoms with Crippen molar-refractivity contribution in [3.05, 3.63) is 47.1 Å². The van der Waals surface area contributed by atoms with E-state index in [9.17, 15) is 5.11 Å². The van der Waals surface area contributed by atoms with E-state index < -0.39 is 0 Å². The number of hydrogen-bond donors (Lipinski definition) is 1. The molecule has 4 heteroatoms. The number of benzene rings is 1. The van der Waals surface area contributed by atoms with Crippen LogP contribution in [0.5, 0.6) is 11.5 Å². The van der Waals surface area contributed by atoms with Crippen LogP contribution in [-0.2, 0) is 15.9 Å². The van der Waals surface area contributed by atoms with E-state index >= 15 is 0 Å². The van der Waals surface area contributed by atoms with Crippen LogP contribution in [0.1, 0.15) is 68.6 Å². The highest BCUT2D eigenvalue weighted by molar-refractivity contribution is 5.57. The Bertz CT molecular complexity index is 693. The zero-order chi connectivity index (χ0) is 21.2. The molecule has 0 heterocycles. The normalized spacial score (nSPS) is 18.8. The van der Waals surface area contributed by atoms with E-state index in [-0.39, 0.29) is 12.7 Å². The van der Waals surface area contributed by atoms with Gasteiger partial charge in [0.1, 0.15) is 11.5 Å². The number of rotatable bonds is 12. The number of aromatic hydroxyl groups is 1. The second-order valence-electron chi connectivity index (χ2n) is 8.03. The predicted octanol–water partition coefficient (Wildman–Crippen LogP) is 6.06. The lowest BCUT2D eigenvalue weighted by molar-refractivity contribution is -0.00943. The molecule has 0 aliphatic heterocycles. The third-order valence-corrected chi connectivity index (χ3v) is 5.81. The molecular weight excluding hydrogens is 364 g/mol. The Morgan fingerprint density at radius 3 is 2.76 bits per heavy atom. The molecule has 1 aromatic rings. The summed E-state index contributed by atoms with van der Waals surface area (Å²) in [5.41, 5.74) is 4.26. The summed E-state index contributed by atoms with van der Waals surface area (Å²) in [4.78, 5) is 0. The minimum atomic E-state index is 0.0682. The summed E-state index contributed by atoms with van der Waals surface area (Å²) in [6.07, 6.45) is 10.9. The number of ether oxygens (including phenoxy) is 3. The Labute approximate surface area is 176 Å². The molecule has 1 aromatic carbocycles. The van der Waals surface area contributed by atoms with Crippen LogP contribution in [0.4, 0.5) is 0 Å². The van der Waals surface area contributed by atoms with Crippen molar-refractivity contribution < 1.29 is 19.3 Å². The molecule has 4 nitrogen and oxygen atoms in total. The summed E-state index contributed by atoms with van der Waals surface area (Å²) in [6.45, 7) is 11.7. The average Bonchev–Trinajstić information content (AvgIpc) is 2.71. The highest BCUT2D eigenvalue weighted by Crippen LogP contribution is 2.47. The Kier molecular flexibility index (Phi) is 9.75. The molecular formula is C25H38O4. The van der Waals surface area contributed by atoms with Crippen molar-refractivity contribution in [3.63, 3.8) is 0 Å². The van der Waals surface area contributed by atoms with Gasteiger partial charge in [0, 0.05) is 18.6 Å². The van der Waals surface area contributed by atoms with Gasteiger partial charge in [0.25, 0.3) is 0 Å². The van der Waals surface area contributed by atoms with Crippen molar-refractivity contribution in [2.45, 2.75) is 65.2 Å². The van der Waals surface area contributed by atoms with Crippen LogP contribution in [-0.4, -0.2) is 32.2 Å². The lowest BCUT2D eigenvalue weighted by Crippen LogP contribution is -2.18. The molecule has 0 saturated carbocycles. The predicted molar refractivity (Wildman–Crippen MR) is 119 cm³/mol. The summed E-state index contributed by atoms with van der Waals surface area (Å²) in [5, 5.41) is 11.0. The van der Waals surface area contributed by atoms with Gasteiger partial charge in [-0.2, -0.15) is 0 Å². The molecule has 0 saturated heterocycles. The molecule has 29 heavy (non-hydrogen) atoms. The Morgan fingerprint density at radius 1 is 1.28 bits per heavy atom. The van der Waals surface area contributed by atoms with Gasteiger partial charge in [-0.25, -0.2) is 0 Å². The monoisotopic (exact) mass is 402 g/mol. The first-order chi connectivity index (χ1) is 14.0. The van der Waals surface area contributed by atoms with Gasteiger partial charge in [-0.3, -0.25) is 0 Å². The zero-order valence-corrected chi connectivity index (χ0v) is 18.6. The van der Waals surface area contributed by atoms with Crippen molar-refractivity contribution in [2.75, 3.05) is 27.1 Å². The van der Waals surface area contributed by atoms with Gasteiger partial charge in [0.05, 0.1) is 13.2 Å². The van der Waals surface area contributed by atoms with Crippen molar-refractivity contribution in [2.24, 2.45) is 5.92 Å². The number of unbranched alkanes of at least 4 members (excludes halogenated alkanes) is 2. The van der Waals surface area contributed by atoms with Crippen LogP contribution < -0.4 is 4.74 Å². The van der Waals surface area contributed by atoms with Crippen molar-refractivity contribution in [1.82, 2.24) is 0 Å². The van der Waals surface area contributed by atoms with E-state index in [1.807, 2.05) is 6.07 Å². The van der Waals surface area contributed by atoms with Crippen LogP contribution in [0.15, 0.2) is 30.4 Å². The van der Waals surface area contributed by atoms with Gasteiger partial charge >= 0.3 is 0 Å². The quantitative estimate of drug-likeness (QED) is 0.262. The number of aryl methyl sites for hydroxylation is 1. The molecule has 0 fully saturated rings. The molecule has 162 valence electrons. The second-order valence-corrected chi connectivity index (χ2v) is 8.03. The number of phenols is 1. The molecule has 2 unspecified atom stereocenters. The maximum absolute atomic E-state index is 11.0. The first kappa shape index (κ1) is 23.5. The first-order valence-corrected chi connectivity index (χ1v) is 10.9. The summed E-state index contributed by atoms with van der Waals surface area (Å²) in [6, 6.07) is 1.94. The fourth-order valence-electron chi connectivity index (χ4n) is 4.13. The number of hydrogen-bond acceptors (Lipinski definition) is 4. The summed E-state index contributed by atoms with van der Waals surface area (Å²) >= 11 is 0. The van der Waals surface area contributed by atoms with Crippen LogP contribution in [0.2, 0.25) is 0 Å². The topological polar surface area (TPSA) is 47.9 Å². The van der Waals surface area contributed by atoms with Crippen molar-refractivity contribution in [1.29, 1.82) is 0 Å². The maximum Gasteiger partial charge on any atom is 0.189 e. The molecule has 0 aromatic heterocycles. The third-order valence-electron chi connectivity index (χ3n) is 5.81. The SMILES string of the molecule is C=C(C)C1CCC=CC1c1c(O)cc(CCCCC)c(C)c1OCOCCOC. The van der Waals surface area contributed by atoms with E-state index in [1.54, 1.807) is 7.11 Å². The smallest absolute Gasteiger partial charge is 0.189 e. The lowest BCUT2D eigenvalue weighted by atomic mass is 9.75. The summed E-state index contributed by atoms with van der Waals surface area (Å²) in [7, 11) is 1.65. The highest BCUT2D eigenvalue weighted by Gasteiger charge is 2.30. The van der Waals surface area contributed by atoms with Gasteiger partial charge in [-0.1, -0.05) is 44.1 Å². The molecule has 2 atom stereocenters. The van der Waals surface area contributed by atoms with Crippen molar-refractivity contribution in [3.8, 4) is 11.5 Å². The number of methoxy groups -OCH3 is 1. The molecule has 0 bridgehead atoms. The molecule has 1 aliphatic carbocycles. The molecule has 0 amide bonds. The average molecular weight is 403 g/mol. The summed E-state index contributed by atoms with van der Waals surface area (Å²) < 4.78 is 16.7. The zero-order valence-electron chi connectivity index (χ0n) is 18.6. The minimum Gasteiger partial charge on any atom is -0.507 e. The van der Waals surface area contributed by atoms with Crippen LogP contribution in [0, 0.1) is 12.8 Å². The van der Waals surface area contributed by atoms with E-state index in [2.05, 4.69) is 39.5 Å². The second kappa shape index (κ2) is 12.0. The third kappa shape index (κ3) is 6.35. The van der Waals surface area contributed by atoms with Crippen molar-refractivity contribution >= 4 is 0 Å². The minimum absolute atomic E-state index is 0.0682. The van der Waals surface area contributed by atoms with Crippen LogP contribution in [0.25, 0.3) is 0 Å². The van der Waals surface area contributed by atoms with E-state index in [1.165, 1.54) is 12.8 Å². The van der Waals surface area contributed by atoms with Gasteiger partial charge in [0.2, 0.25) is 0 Å². The van der Waals surface area contributed by atoms with Crippen LogP contribution in [0.3, 0.4) is 0 Å². The first-order valence-electron chi connectivity index (χ1n) is 10.9. The highest BCUT2D eigenvalue weighted by atomic mass is 16.7. The Morgan fingerprint density at radius 2 is 2.07 bits per heavy atom. The standard InChI is InChI=1S/C25H38O4/c1-6-7-8-11-20-16-23(26)24(22-13-10-9-12-21(22)18(2)3)25(19(20)4)29-17-28-15-14-27-5/h10,13,16,21-22,26H,2,6-9,11-12,14-15,17H2,1,3-5H3. The lowest BCUT2D eigenvalue weighted by Gasteiger charge is -2.31. The molecule has 2 rings (SSSR count). The molecule has 1 N–H and O–H groups in total. The molecule has 0 spiro atoms. The van der Waals surface area contributed by atoms with E-state index in [0.29, 0.717) is 24.9 Å². The summed E-state index contributed by atoms with van der Waals surface area (Å²) in [5.74, 6) is 1.44. The number of allylic oxidation sites excluding steroid dienone is 3. The molecule has 1 aliphatic rings. The van der Waals surface area contributed by atoms with Crippen LogP contribution >= 0.6 is 0 Å². The Hall–Kier alpha value is -1.78. The fourth-order valence-corrected chi connectivity index (χ4v) is 4.13. The fraction of sp³-hybridized carbons (Fsp3) is 0.600. The maximum atomic E-state index is 11.0. The number of phenolic OH excluding ortho intramolecular Hbond substituents is 1. The van der Waals surface area contributed by atoms with E-state index in [4.69, 9.17) is 14.2 Å². The van der Waals surface area contributed by atoms with E-state index in [0.717, 1.165) is 53.7 Å². The molecule has 0 radical (unpaired) electrons. The Balaban J connectivity index is 2.38. The van der Waals surface area contributed by atoms with Gasteiger partial charge < -0.3 is 19.3 Å². The van der Waals surface area contributed by atoms with Gasteiger partial charge in [-0.05, 0) is 62.6 Å². The van der Waals surface area contributed by atoms with Gasteiger partial charge in [0.15, 0.2) is 6.79 Å². The van der Waals surface area contributed by atoms with Gasteiger partial charge in [-0.15, -0.1) is 0 Å². The largest absolute Gasteiger partial charge is 0.507 e.